The summed E-state index contributed by atoms with van der Waals surface area (Å²) in [5, 5.41) is 0. The van der Waals surface area contributed by atoms with Crippen molar-refractivity contribution in [1.29, 1.82) is 0 Å². The SMILES string of the molecule is CC(C)[N+]1(C(C)C)C2CCC1CC(OC(=O)CC1=C(c3ccccc3)CCCC1)C2.[I-]. The molecule has 2 atom stereocenters. The Bertz CT molecular complexity index is 762. The van der Waals surface area contributed by atoms with Gasteiger partial charge in [0.2, 0.25) is 0 Å². The number of hydrogen-bond acceptors (Lipinski definition) is 2. The number of halogens is 1. The molecule has 0 saturated carbocycles. The van der Waals surface area contributed by atoms with Crippen LogP contribution in [-0.2, 0) is 9.53 Å². The zero-order chi connectivity index (χ0) is 21.3. The Morgan fingerprint density at radius 1 is 0.968 bits per heavy atom. The van der Waals surface area contributed by atoms with E-state index in [1.165, 1.54) is 46.9 Å². The van der Waals surface area contributed by atoms with Crippen LogP contribution in [0.2, 0.25) is 0 Å². The lowest BCUT2D eigenvalue weighted by atomic mass is 9.86. The van der Waals surface area contributed by atoms with E-state index in [2.05, 4.69) is 58.0 Å². The van der Waals surface area contributed by atoms with Gasteiger partial charge in [-0.3, -0.25) is 4.79 Å². The maximum absolute atomic E-state index is 13.0. The molecule has 3 nitrogen and oxygen atoms in total. The Kier molecular flexibility index (Phi) is 8.28. The molecule has 0 spiro atoms. The highest BCUT2D eigenvalue weighted by Gasteiger charge is 2.57. The van der Waals surface area contributed by atoms with E-state index in [1.54, 1.807) is 0 Å². The van der Waals surface area contributed by atoms with Crippen molar-refractivity contribution >= 4 is 11.5 Å². The van der Waals surface area contributed by atoms with Crippen LogP contribution in [0.1, 0.15) is 91.0 Å². The number of quaternary nitrogens is 1. The fourth-order valence-corrected chi connectivity index (χ4v) is 7.37. The molecule has 2 saturated heterocycles. The molecule has 1 aromatic carbocycles. The van der Waals surface area contributed by atoms with Gasteiger partial charge in [0, 0.05) is 25.7 Å². The van der Waals surface area contributed by atoms with Crippen LogP contribution in [0.4, 0.5) is 0 Å². The third kappa shape index (κ3) is 4.75. The Hall–Kier alpha value is -0.880. The minimum absolute atomic E-state index is 0. The van der Waals surface area contributed by atoms with E-state index in [1.807, 2.05) is 0 Å². The molecule has 1 aliphatic carbocycles. The normalized spacial score (nSPS) is 27.4. The summed E-state index contributed by atoms with van der Waals surface area (Å²) in [5.74, 6) is -0.00109. The first-order valence-corrected chi connectivity index (χ1v) is 12.3. The number of ether oxygens (including phenoxy) is 1. The molecule has 0 aromatic heterocycles. The van der Waals surface area contributed by atoms with Gasteiger partial charge >= 0.3 is 5.97 Å². The number of benzene rings is 1. The van der Waals surface area contributed by atoms with E-state index in [0.29, 0.717) is 30.6 Å². The van der Waals surface area contributed by atoms with Crippen LogP contribution < -0.4 is 24.0 Å². The molecule has 2 aliphatic heterocycles. The van der Waals surface area contributed by atoms with Gasteiger partial charge in [-0.25, -0.2) is 0 Å². The summed E-state index contributed by atoms with van der Waals surface area (Å²) < 4.78 is 7.36. The highest BCUT2D eigenvalue weighted by atomic mass is 127. The predicted octanol–water partition coefficient (Wildman–Crippen LogP) is 3.28. The van der Waals surface area contributed by atoms with Crippen LogP contribution >= 0.6 is 0 Å². The van der Waals surface area contributed by atoms with Gasteiger partial charge in [-0.1, -0.05) is 35.9 Å². The summed E-state index contributed by atoms with van der Waals surface area (Å²) in [6.45, 7) is 9.55. The zero-order valence-electron chi connectivity index (χ0n) is 19.8. The van der Waals surface area contributed by atoms with Crippen molar-refractivity contribution in [3.05, 3.63) is 41.5 Å². The smallest absolute Gasteiger partial charge is 0.310 e. The van der Waals surface area contributed by atoms with Gasteiger partial charge in [0.05, 0.1) is 30.6 Å². The largest absolute Gasteiger partial charge is 1.00 e. The lowest BCUT2D eigenvalue weighted by molar-refractivity contribution is -1.00. The maximum atomic E-state index is 13.0. The number of piperidine rings is 1. The molecule has 0 amide bonds. The average Bonchev–Trinajstić information content (AvgIpc) is 2.95. The van der Waals surface area contributed by atoms with E-state index in [-0.39, 0.29) is 36.0 Å². The molecule has 3 aliphatic rings. The van der Waals surface area contributed by atoms with Crippen molar-refractivity contribution in [3.8, 4) is 0 Å². The van der Waals surface area contributed by atoms with Crippen molar-refractivity contribution in [2.75, 3.05) is 0 Å². The Morgan fingerprint density at radius 2 is 1.55 bits per heavy atom. The number of nitrogens with zero attached hydrogens (tertiary/aromatic N) is 1. The van der Waals surface area contributed by atoms with E-state index in [0.717, 1.165) is 25.7 Å². The molecule has 31 heavy (non-hydrogen) atoms. The van der Waals surface area contributed by atoms with Gasteiger partial charge in [-0.15, -0.1) is 0 Å². The first kappa shape index (κ1) is 24.8. The number of allylic oxidation sites excluding steroid dienone is 1. The third-order valence-electron chi connectivity index (χ3n) is 8.32. The fourth-order valence-electron chi connectivity index (χ4n) is 7.37. The van der Waals surface area contributed by atoms with Crippen LogP contribution in [0.3, 0.4) is 0 Å². The number of esters is 1. The molecule has 2 bridgehead atoms. The molecule has 2 unspecified atom stereocenters. The Morgan fingerprint density at radius 3 is 2.13 bits per heavy atom. The Balaban J connectivity index is 0.00000272. The van der Waals surface area contributed by atoms with Gasteiger partial charge in [0.15, 0.2) is 0 Å². The number of rotatable bonds is 6. The lowest BCUT2D eigenvalue weighted by Crippen LogP contribution is -3.00. The Labute approximate surface area is 206 Å². The number of carbonyl (C=O) groups is 1. The minimum atomic E-state index is -0.00109. The topological polar surface area (TPSA) is 26.3 Å². The molecule has 2 heterocycles. The van der Waals surface area contributed by atoms with Crippen molar-refractivity contribution in [2.45, 2.75) is 116 Å². The maximum Gasteiger partial charge on any atom is 0.310 e. The van der Waals surface area contributed by atoms with E-state index in [4.69, 9.17) is 4.74 Å². The van der Waals surface area contributed by atoms with Crippen LogP contribution in [-0.4, -0.2) is 40.7 Å². The summed E-state index contributed by atoms with van der Waals surface area (Å²) >= 11 is 0. The first-order chi connectivity index (χ1) is 14.4. The summed E-state index contributed by atoms with van der Waals surface area (Å²) in [6.07, 6.45) is 9.80. The van der Waals surface area contributed by atoms with E-state index < -0.39 is 0 Å². The van der Waals surface area contributed by atoms with E-state index in [9.17, 15) is 4.79 Å². The highest BCUT2D eigenvalue weighted by Crippen LogP contribution is 2.47. The second kappa shape index (κ2) is 10.4. The second-order valence-electron chi connectivity index (χ2n) is 10.4. The number of fused-ring (bicyclic) bond motifs is 2. The molecule has 172 valence electrons. The third-order valence-corrected chi connectivity index (χ3v) is 8.32. The van der Waals surface area contributed by atoms with Crippen LogP contribution in [0.25, 0.3) is 5.57 Å². The highest BCUT2D eigenvalue weighted by molar-refractivity contribution is 5.79. The monoisotopic (exact) mass is 537 g/mol. The van der Waals surface area contributed by atoms with Gasteiger partial charge < -0.3 is 33.2 Å². The van der Waals surface area contributed by atoms with Gasteiger partial charge in [0.1, 0.15) is 6.10 Å². The van der Waals surface area contributed by atoms with Crippen LogP contribution in [0.15, 0.2) is 35.9 Å². The van der Waals surface area contributed by atoms with E-state index >= 15 is 0 Å². The minimum Gasteiger partial charge on any atom is -1.00 e. The van der Waals surface area contributed by atoms with Crippen molar-refractivity contribution in [1.82, 2.24) is 0 Å². The van der Waals surface area contributed by atoms with Crippen molar-refractivity contribution < 1.29 is 38.0 Å². The molecule has 1 aromatic rings. The van der Waals surface area contributed by atoms with Crippen LogP contribution in [0, 0.1) is 0 Å². The van der Waals surface area contributed by atoms with Gasteiger partial charge in [-0.05, 0) is 64.5 Å². The summed E-state index contributed by atoms with van der Waals surface area (Å²) in [4.78, 5) is 13.0. The molecular weight excluding hydrogens is 497 g/mol. The summed E-state index contributed by atoms with van der Waals surface area (Å²) in [7, 11) is 0. The lowest BCUT2D eigenvalue weighted by Gasteiger charge is -2.55. The predicted molar refractivity (Wildman–Crippen MR) is 123 cm³/mol. The molecular formula is C27H40INO2. The molecule has 4 rings (SSSR count). The molecule has 2 fully saturated rings. The van der Waals surface area contributed by atoms with Crippen molar-refractivity contribution in [2.24, 2.45) is 0 Å². The number of hydrogen-bond donors (Lipinski definition) is 0. The molecule has 0 N–H and O–H groups in total. The van der Waals surface area contributed by atoms with Gasteiger partial charge in [0.25, 0.3) is 0 Å². The molecule has 0 radical (unpaired) electrons. The fraction of sp³-hybridized carbons (Fsp3) is 0.667. The van der Waals surface area contributed by atoms with Crippen molar-refractivity contribution in [3.63, 3.8) is 0 Å². The standard InChI is InChI=1S/C27H40NO2.HI/c1-19(2)28(20(3)4)23-14-15-24(28)18-25(17-23)30-27(29)16-22-12-8-9-13-26(22)21-10-6-5-7-11-21;/h5-7,10-11,19-20,23-25H,8-9,12-18H2,1-4H3;1H/q+1;/p-1. The first-order valence-electron chi connectivity index (χ1n) is 12.3. The number of carbonyl (C=O) groups excluding carboxylic acids is 1. The quantitative estimate of drug-likeness (QED) is 0.317. The average molecular weight is 538 g/mol. The van der Waals surface area contributed by atoms with Crippen LogP contribution in [0.5, 0.6) is 0 Å². The summed E-state index contributed by atoms with van der Waals surface area (Å²) in [5.41, 5.74) is 3.98. The summed E-state index contributed by atoms with van der Waals surface area (Å²) in [6, 6.07) is 13.2. The second-order valence-corrected chi connectivity index (χ2v) is 10.4. The zero-order valence-corrected chi connectivity index (χ0v) is 21.9. The van der Waals surface area contributed by atoms with Gasteiger partial charge in [-0.2, -0.15) is 0 Å². The molecule has 4 heteroatoms.